The molecule has 0 radical (unpaired) electrons. The van der Waals surface area contributed by atoms with E-state index in [4.69, 9.17) is 0 Å². The van der Waals surface area contributed by atoms with Crippen molar-refractivity contribution in [3.8, 4) is 0 Å². The van der Waals surface area contributed by atoms with Gasteiger partial charge in [0, 0.05) is 18.4 Å². The predicted molar refractivity (Wildman–Crippen MR) is 157 cm³/mol. The molecule has 2 nitrogen and oxygen atoms in total. The first kappa shape index (κ1) is 24.8. The lowest BCUT2D eigenvalue weighted by Crippen LogP contribution is -2.68. The Morgan fingerprint density at radius 1 is 0.789 bits per heavy atom. The van der Waals surface area contributed by atoms with E-state index in [0.29, 0.717) is 5.78 Å². The maximum absolute atomic E-state index is 15.0. The summed E-state index contributed by atoms with van der Waals surface area (Å²) in [7, 11) is 0. The molecule has 200 valence electrons. The van der Waals surface area contributed by atoms with Crippen LogP contribution in [0.25, 0.3) is 21.7 Å². The average molecular weight is 509 g/mol. The molecule has 1 aromatic heterocycles. The Hall–Kier alpha value is -2.22. The van der Waals surface area contributed by atoms with Crippen LogP contribution in [0.3, 0.4) is 0 Å². The minimum Gasteiger partial charge on any atom is -0.298 e. The molecule has 4 aliphatic rings. The number of fused-ring (bicyclic) bond motifs is 4. The number of pyridine rings is 1. The molecule has 2 heteroatoms. The molecule has 0 amide bonds. The molecular formula is C36H46NO+. The second-order valence-electron chi connectivity index (χ2n) is 13.6. The zero-order chi connectivity index (χ0) is 26.5. The van der Waals surface area contributed by atoms with Gasteiger partial charge in [0.1, 0.15) is 0 Å². The maximum atomic E-state index is 15.0. The van der Waals surface area contributed by atoms with E-state index in [-0.39, 0.29) is 21.8 Å². The Bertz CT molecular complexity index is 1480. The van der Waals surface area contributed by atoms with Gasteiger partial charge in [0.15, 0.2) is 17.5 Å². The van der Waals surface area contributed by atoms with Crippen LogP contribution in [0.2, 0.25) is 0 Å². The van der Waals surface area contributed by atoms with Crippen molar-refractivity contribution in [1.29, 1.82) is 0 Å². The van der Waals surface area contributed by atoms with Crippen molar-refractivity contribution >= 4 is 27.5 Å². The molecule has 1 unspecified atom stereocenters. The Balaban J connectivity index is 1.73. The lowest BCUT2D eigenvalue weighted by Gasteiger charge is -2.47. The second kappa shape index (κ2) is 8.15. The molecule has 0 N–H and O–H groups in total. The van der Waals surface area contributed by atoms with E-state index in [1.54, 1.807) is 0 Å². The quantitative estimate of drug-likeness (QED) is 0.256. The number of benzene rings is 2. The van der Waals surface area contributed by atoms with E-state index < -0.39 is 0 Å². The lowest BCUT2D eigenvalue weighted by molar-refractivity contribution is -0.755. The summed E-state index contributed by atoms with van der Waals surface area (Å²) < 4.78 is 2.77. The smallest absolute Gasteiger partial charge is 0.221 e. The molecule has 0 saturated heterocycles. The number of nitrogens with zero attached hydrogens (tertiary/aromatic N) is 1. The van der Waals surface area contributed by atoms with Gasteiger partial charge in [0.05, 0.1) is 27.0 Å². The molecule has 7 rings (SSSR count). The zero-order valence-corrected chi connectivity index (χ0v) is 24.4. The van der Waals surface area contributed by atoms with E-state index >= 15 is 0 Å². The molecule has 1 atom stereocenters. The summed E-state index contributed by atoms with van der Waals surface area (Å²) in [5, 5.41) is 4.29. The van der Waals surface area contributed by atoms with Gasteiger partial charge in [-0.1, -0.05) is 77.5 Å². The highest BCUT2D eigenvalue weighted by Gasteiger charge is 2.64. The van der Waals surface area contributed by atoms with Crippen LogP contribution in [-0.4, -0.2) is 5.78 Å². The number of hydrogen-bond donors (Lipinski definition) is 0. The number of Topliss-reactive ketones (excluding diaryl/α,β-unsaturated/α-hetero) is 1. The molecule has 1 aliphatic heterocycles. The zero-order valence-electron chi connectivity index (χ0n) is 24.4. The molecule has 3 aromatic rings. The first-order chi connectivity index (χ1) is 18.3. The van der Waals surface area contributed by atoms with E-state index in [1.165, 1.54) is 82.5 Å². The highest BCUT2D eigenvalue weighted by molar-refractivity contribution is 6.14. The van der Waals surface area contributed by atoms with Crippen molar-refractivity contribution in [2.24, 2.45) is 0 Å². The Kier molecular flexibility index (Phi) is 5.32. The van der Waals surface area contributed by atoms with E-state index in [0.717, 1.165) is 44.9 Å². The summed E-state index contributed by atoms with van der Waals surface area (Å²) in [5.74, 6) is 0.612. The highest BCUT2D eigenvalue weighted by Crippen LogP contribution is 2.61. The summed E-state index contributed by atoms with van der Waals surface area (Å²) >= 11 is 0. The largest absolute Gasteiger partial charge is 0.298 e. The van der Waals surface area contributed by atoms with Gasteiger partial charge >= 0.3 is 0 Å². The van der Waals surface area contributed by atoms with Crippen LogP contribution >= 0.6 is 0 Å². The first-order valence-electron chi connectivity index (χ1n) is 15.9. The van der Waals surface area contributed by atoms with Crippen molar-refractivity contribution < 1.29 is 9.36 Å². The fourth-order valence-electron chi connectivity index (χ4n) is 10.5. The van der Waals surface area contributed by atoms with Crippen molar-refractivity contribution in [3.05, 3.63) is 52.7 Å². The highest BCUT2D eigenvalue weighted by atomic mass is 16.1. The average Bonchev–Trinajstić information content (AvgIpc) is 3.13. The van der Waals surface area contributed by atoms with Crippen LogP contribution in [0.15, 0.2) is 30.5 Å². The standard InChI is InChI=1S/C36H46NO/c1-6-33(5)27-17-15-16-25-24(4)22-26-30-28(23-37(31(26)29(25)27)36(33,7-2)8-3)34(18-11-9-12-19-34)32(38)35(30)20-13-10-14-21-35/h15-17,22-23H,6-14,18-21H2,1-5H3/q+1. The number of aryl methyl sites for hydroxylation is 1. The van der Waals surface area contributed by atoms with Crippen LogP contribution in [0, 0.1) is 6.92 Å². The molecule has 2 spiro atoms. The van der Waals surface area contributed by atoms with E-state index in [2.05, 4.69) is 69.6 Å². The lowest BCUT2D eigenvalue weighted by atomic mass is 9.59. The number of rotatable bonds is 3. The van der Waals surface area contributed by atoms with Crippen LogP contribution in [0.5, 0.6) is 0 Å². The summed E-state index contributed by atoms with van der Waals surface area (Å²) in [4.78, 5) is 15.0. The van der Waals surface area contributed by atoms with Crippen LogP contribution in [0.4, 0.5) is 0 Å². The third-order valence-corrected chi connectivity index (χ3v) is 12.6. The Labute approximate surface area is 229 Å². The molecule has 2 aromatic carbocycles. The van der Waals surface area contributed by atoms with Gasteiger partial charge in [-0.05, 0) is 74.1 Å². The summed E-state index contributed by atoms with van der Waals surface area (Å²) in [6.07, 6.45) is 17.4. The Morgan fingerprint density at radius 3 is 2.03 bits per heavy atom. The monoisotopic (exact) mass is 508 g/mol. The van der Waals surface area contributed by atoms with Crippen LogP contribution in [-0.2, 0) is 26.6 Å². The first-order valence-corrected chi connectivity index (χ1v) is 15.9. The van der Waals surface area contributed by atoms with Crippen molar-refractivity contribution in [2.45, 2.75) is 140 Å². The van der Waals surface area contributed by atoms with Crippen molar-refractivity contribution in [1.82, 2.24) is 0 Å². The maximum Gasteiger partial charge on any atom is 0.221 e. The number of aromatic nitrogens is 1. The molecule has 2 fully saturated rings. The van der Waals surface area contributed by atoms with Gasteiger partial charge in [-0.3, -0.25) is 4.79 Å². The number of carbonyl (C=O) groups is 1. The topological polar surface area (TPSA) is 20.9 Å². The van der Waals surface area contributed by atoms with Crippen molar-refractivity contribution in [3.63, 3.8) is 0 Å². The fraction of sp³-hybridized carbons (Fsp3) is 0.611. The Morgan fingerprint density at radius 2 is 1.42 bits per heavy atom. The van der Waals surface area contributed by atoms with E-state index in [1.807, 2.05) is 0 Å². The SMILES string of the molecule is CCC1(C)c2cccc3c(C)cc4c5c(c[n+](c4c23)C1(CC)CC)C1(CCCCC1)C(=O)C51CCCCC1. The third kappa shape index (κ3) is 2.62. The van der Waals surface area contributed by atoms with Gasteiger partial charge in [0.25, 0.3) is 0 Å². The summed E-state index contributed by atoms with van der Waals surface area (Å²) in [6.45, 7) is 12.1. The molecule has 0 bridgehead atoms. The van der Waals surface area contributed by atoms with Gasteiger partial charge in [-0.25, -0.2) is 0 Å². The van der Waals surface area contributed by atoms with Crippen LogP contribution < -0.4 is 4.57 Å². The number of ketones is 1. The molecule has 38 heavy (non-hydrogen) atoms. The molecular weight excluding hydrogens is 462 g/mol. The van der Waals surface area contributed by atoms with Gasteiger partial charge in [-0.15, -0.1) is 0 Å². The predicted octanol–water partition coefficient (Wildman–Crippen LogP) is 8.77. The second-order valence-corrected chi connectivity index (χ2v) is 13.6. The van der Waals surface area contributed by atoms with Gasteiger partial charge in [0.2, 0.25) is 5.52 Å². The third-order valence-electron chi connectivity index (χ3n) is 12.6. The normalized spacial score (nSPS) is 26.6. The van der Waals surface area contributed by atoms with Gasteiger partial charge in [-0.2, -0.15) is 4.57 Å². The number of hydrogen-bond acceptors (Lipinski definition) is 1. The molecule has 2 saturated carbocycles. The summed E-state index contributed by atoms with van der Waals surface area (Å²) in [5.41, 5.74) is 6.74. The molecule has 2 heterocycles. The molecule has 3 aliphatic carbocycles. The summed E-state index contributed by atoms with van der Waals surface area (Å²) in [6, 6.07) is 9.58. The minimum absolute atomic E-state index is 0.00715. The minimum atomic E-state index is -0.272. The number of carbonyl (C=O) groups excluding carboxylic acids is 1. The van der Waals surface area contributed by atoms with E-state index in [9.17, 15) is 4.79 Å². The fourth-order valence-corrected chi connectivity index (χ4v) is 10.5. The van der Waals surface area contributed by atoms with Gasteiger partial charge < -0.3 is 0 Å². The van der Waals surface area contributed by atoms with Crippen LogP contribution in [0.1, 0.15) is 133 Å². The van der Waals surface area contributed by atoms with Crippen molar-refractivity contribution in [2.75, 3.05) is 0 Å².